The summed E-state index contributed by atoms with van der Waals surface area (Å²) < 4.78 is 14.1. The zero-order valence-corrected chi connectivity index (χ0v) is 23.2. The molecule has 4 heterocycles. The fourth-order valence-corrected chi connectivity index (χ4v) is 4.88. The van der Waals surface area contributed by atoms with Gasteiger partial charge < -0.3 is 30.3 Å². The van der Waals surface area contributed by atoms with Crippen LogP contribution in [0.2, 0.25) is 5.02 Å². The number of hydrogen-bond donors (Lipinski definition) is 4. The second kappa shape index (κ2) is 11.3. The lowest BCUT2D eigenvalue weighted by Gasteiger charge is -2.17. The summed E-state index contributed by atoms with van der Waals surface area (Å²) in [6.07, 6.45) is -2.24. The van der Waals surface area contributed by atoms with E-state index >= 15 is 0 Å². The quantitative estimate of drug-likeness (QED) is 0.207. The number of likely N-dealkylation sites (N-methyl/N-ethyl adjacent to an activating group) is 1. The zero-order chi connectivity index (χ0) is 29.4. The molecule has 0 bridgehead atoms. The number of anilines is 1. The second-order valence-electron chi connectivity index (χ2n) is 9.50. The molecular formula is C27H26ClN9O5. The highest BCUT2D eigenvalue weighted by Crippen LogP contribution is 2.33. The minimum absolute atomic E-state index is 0.211. The number of nitrogens with one attached hydrogen (secondary N) is 2. The molecule has 1 aliphatic rings. The Morgan fingerprint density at radius 2 is 1.98 bits per heavy atom. The molecule has 0 spiro atoms. The van der Waals surface area contributed by atoms with Crippen LogP contribution in [0.15, 0.2) is 61.1 Å². The fourth-order valence-electron chi connectivity index (χ4n) is 4.67. The molecule has 4 N–H and O–H groups in total. The summed E-state index contributed by atoms with van der Waals surface area (Å²) >= 11 is 6.16. The van der Waals surface area contributed by atoms with Gasteiger partial charge in [0.25, 0.3) is 5.91 Å². The van der Waals surface area contributed by atoms with Crippen molar-refractivity contribution in [3.8, 4) is 23.0 Å². The van der Waals surface area contributed by atoms with Crippen molar-refractivity contribution in [1.82, 2.24) is 39.8 Å². The molecule has 15 heteroatoms. The first-order chi connectivity index (χ1) is 20.4. The van der Waals surface area contributed by atoms with Gasteiger partial charge >= 0.3 is 0 Å². The first-order valence-electron chi connectivity index (χ1n) is 12.9. The van der Waals surface area contributed by atoms with E-state index in [1.807, 2.05) is 42.5 Å². The van der Waals surface area contributed by atoms with E-state index in [4.69, 9.17) is 26.1 Å². The topological polar surface area (TPSA) is 174 Å². The molecule has 0 radical (unpaired) electrons. The van der Waals surface area contributed by atoms with E-state index in [2.05, 4.69) is 30.9 Å². The number of methoxy groups -OCH3 is 1. The van der Waals surface area contributed by atoms with Crippen molar-refractivity contribution in [2.75, 3.05) is 19.5 Å². The third kappa shape index (κ3) is 5.12. The van der Waals surface area contributed by atoms with Crippen molar-refractivity contribution in [1.29, 1.82) is 0 Å². The number of imidazole rings is 1. The third-order valence-electron chi connectivity index (χ3n) is 6.83. The van der Waals surface area contributed by atoms with Crippen LogP contribution in [-0.2, 0) is 16.1 Å². The van der Waals surface area contributed by atoms with Crippen molar-refractivity contribution in [3.63, 3.8) is 0 Å². The Hall–Kier alpha value is -4.63. The number of halogens is 1. The third-order valence-corrected chi connectivity index (χ3v) is 7.06. The number of hydrogen-bond acceptors (Lipinski definition) is 11. The van der Waals surface area contributed by atoms with Crippen LogP contribution in [0.4, 0.5) is 5.82 Å². The number of amides is 1. The molecule has 216 valence electrons. The Morgan fingerprint density at radius 1 is 1.14 bits per heavy atom. The molecular weight excluding hydrogens is 566 g/mol. The average Bonchev–Trinajstić information content (AvgIpc) is 3.74. The standard InChI is InChI=1S/C27H26ClN9O5/c1-29-26(40)22-20(38)21(39)27(42-22)36-13-31-19-24(30-11-14-5-3-6-15(28)9-14)32-23(33-25(19)36)18-12-37(35-34-18)16-7-4-8-17(10-16)41-2/h3-10,12-13,20-22,27,38-39H,11H2,1-2H3,(H,29,40)(H,30,32,33). The van der Waals surface area contributed by atoms with Gasteiger partial charge in [0.2, 0.25) is 0 Å². The van der Waals surface area contributed by atoms with Crippen LogP contribution >= 0.6 is 11.6 Å². The van der Waals surface area contributed by atoms with Gasteiger partial charge in [0.1, 0.15) is 18.0 Å². The lowest BCUT2D eigenvalue weighted by atomic mass is 10.1. The number of rotatable bonds is 8. The Bertz CT molecular complexity index is 1760. The van der Waals surface area contributed by atoms with Crippen molar-refractivity contribution in [2.45, 2.75) is 31.1 Å². The predicted molar refractivity (Wildman–Crippen MR) is 151 cm³/mol. The molecule has 3 aromatic heterocycles. The summed E-state index contributed by atoms with van der Waals surface area (Å²) in [5, 5.41) is 36.1. The van der Waals surface area contributed by atoms with E-state index in [1.165, 1.54) is 17.9 Å². The van der Waals surface area contributed by atoms with Gasteiger partial charge in [-0.3, -0.25) is 9.36 Å². The maximum Gasteiger partial charge on any atom is 0.251 e. The normalized spacial score (nSPS) is 20.1. The molecule has 2 aromatic carbocycles. The molecule has 1 saturated heterocycles. The minimum Gasteiger partial charge on any atom is -0.497 e. The fraction of sp³-hybridized carbons (Fsp3) is 0.259. The summed E-state index contributed by atoms with van der Waals surface area (Å²) in [6, 6.07) is 14.7. The summed E-state index contributed by atoms with van der Waals surface area (Å²) in [5.74, 6) is 0.677. The molecule has 6 rings (SSSR count). The highest BCUT2D eigenvalue weighted by Gasteiger charge is 2.47. The molecule has 1 fully saturated rings. The van der Waals surface area contributed by atoms with E-state index in [9.17, 15) is 15.0 Å². The number of fused-ring (bicyclic) bond motifs is 1. The van der Waals surface area contributed by atoms with Gasteiger partial charge in [-0.1, -0.05) is 35.0 Å². The molecule has 1 aliphatic heterocycles. The van der Waals surface area contributed by atoms with Gasteiger partial charge in [-0.15, -0.1) is 5.10 Å². The van der Waals surface area contributed by atoms with Crippen molar-refractivity contribution < 1.29 is 24.5 Å². The van der Waals surface area contributed by atoms with Crippen LogP contribution in [-0.4, -0.2) is 83.1 Å². The number of aromatic nitrogens is 7. The predicted octanol–water partition coefficient (Wildman–Crippen LogP) is 1.71. The largest absolute Gasteiger partial charge is 0.497 e. The zero-order valence-electron chi connectivity index (χ0n) is 22.4. The van der Waals surface area contributed by atoms with Crippen LogP contribution in [0, 0.1) is 0 Å². The lowest BCUT2D eigenvalue weighted by Crippen LogP contribution is -2.41. The summed E-state index contributed by atoms with van der Waals surface area (Å²) in [6.45, 7) is 0.371. The van der Waals surface area contributed by atoms with E-state index in [0.717, 1.165) is 11.3 Å². The molecule has 4 unspecified atom stereocenters. The van der Waals surface area contributed by atoms with Crippen LogP contribution in [0.1, 0.15) is 11.8 Å². The summed E-state index contributed by atoms with van der Waals surface area (Å²) in [7, 11) is 3.00. The summed E-state index contributed by atoms with van der Waals surface area (Å²) in [4.78, 5) is 26.1. The maximum atomic E-state index is 12.2. The maximum absolute atomic E-state index is 12.2. The lowest BCUT2D eigenvalue weighted by molar-refractivity contribution is -0.137. The van der Waals surface area contributed by atoms with Crippen LogP contribution in [0.25, 0.3) is 28.4 Å². The molecule has 14 nitrogen and oxygen atoms in total. The molecule has 0 saturated carbocycles. The van der Waals surface area contributed by atoms with Gasteiger partial charge in [0.05, 0.1) is 25.3 Å². The van der Waals surface area contributed by atoms with Gasteiger partial charge in [0, 0.05) is 24.7 Å². The molecule has 0 aliphatic carbocycles. The van der Waals surface area contributed by atoms with E-state index in [1.54, 1.807) is 24.1 Å². The Balaban J connectivity index is 1.41. The SMILES string of the molecule is CNC(=O)C1OC(n2cnc3c(NCc4cccc(Cl)c4)nc(-c4cn(-c5cccc(OC)c5)nn4)nc32)C(O)C1O. The van der Waals surface area contributed by atoms with Gasteiger partial charge in [-0.2, -0.15) is 0 Å². The molecule has 1 amide bonds. The smallest absolute Gasteiger partial charge is 0.251 e. The highest BCUT2D eigenvalue weighted by molar-refractivity contribution is 6.30. The van der Waals surface area contributed by atoms with Crippen molar-refractivity contribution in [3.05, 3.63) is 71.6 Å². The molecule has 4 atom stereocenters. The summed E-state index contributed by atoms with van der Waals surface area (Å²) in [5.41, 5.74) is 2.63. The first-order valence-corrected chi connectivity index (χ1v) is 13.3. The number of carbonyl (C=O) groups excluding carboxylic acids is 1. The van der Waals surface area contributed by atoms with E-state index < -0.39 is 30.4 Å². The number of ether oxygens (including phenoxy) is 2. The Kier molecular flexibility index (Phi) is 7.43. The Labute approximate surface area is 243 Å². The monoisotopic (exact) mass is 591 g/mol. The Morgan fingerprint density at radius 3 is 2.76 bits per heavy atom. The average molecular weight is 592 g/mol. The van der Waals surface area contributed by atoms with E-state index in [0.29, 0.717) is 34.3 Å². The number of aliphatic hydroxyl groups excluding tert-OH is 2. The molecule has 42 heavy (non-hydrogen) atoms. The van der Waals surface area contributed by atoms with Crippen molar-refractivity contribution >= 4 is 34.5 Å². The van der Waals surface area contributed by atoms with Crippen LogP contribution in [0.3, 0.4) is 0 Å². The van der Waals surface area contributed by atoms with Crippen molar-refractivity contribution in [2.24, 2.45) is 0 Å². The highest BCUT2D eigenvalue weighted by atomic mass is 35.5. The van der Waals surface area contributed by atoms with Gasteiger partial charge in [-0.25, -0.2) is 19.6 Å². The second-order valence-corrected chi connectivity index (χ2v) is 9.93. The first kappa shape index (κ1) is 27.5. The van der Waals surface area contributed by atoms with Gasteiger partial charge in [0.15, 0.2) is 40.8 Å². The number of aliphatic hydroxyl groups is 2. The number of carbonyl (C=O) groups is 1. The minimum atomic E-state index is -1.46. The number of nitrogens with zero attached hydrogens (tertiary/aromatic N) is 7. The van der Waals surface area contributed by atoms with Gasteiger partial charge in [-0.05, 0) is 29.8 Å². The van der Waals surface area contributed by atoms with E-state index in [-0.39, 0.29) is 11.5 Å². The van der Waals surface area contributed by atoms with Crippen LogP contribution in [0.5, 0.6) is 5.75 Å². The molecule has 5 aromatic rings. The number of benzene rings is 2. The van der Waals surface area contributed by atoms with Crippen LogP contribution < -0.4 is 15.4 Å².